The van der Waals surface area contributed by atoms with Gasteiger partial charge in [0.1, 0.15) is 11.3 Å². The molecule has 1 heterocycles. The van der Waals surface area contributed by atoms with Gasteiger partial charge in [-0.3, -0.25) is 9.79 Å². The number of hydrogen-bond donors (Lipinski definition) is 5. The van der Waals surface area contributed by atoms with Crippen LogP contribution in [0, 0.1) is 11.8 Å². The van der Waals surface area contributed by atoms with Gasteiger partial charge >= 0.3 is 11.9 Å². The van der Waals surface area contributed by atoms with E-state index in [2.05, 4.69) is 10.3 Å². The SMILES string of the molecule is CC(CNc1ccc2c(-c3ccccc3C(=O)O)c3ccc(=NCC(C)C(O)O)cc-3oc2c1)C(=O)O. The first-order valence-electron chi connectivity index (χ1n) is 11.8. The van der Waals surface area contributed by atoms with E-state index in [1.54, 1.807) is 62.4 Å². The van der Waals surface area contributed by atoms with Crippen LogP contribution in [0.25, 0.3) is 33.4 Å². The highest BCUT2D eigenvalue weighted by Gasteiger charge is 2.21. The van der Waals surface area contributed by atoms with Crippen molar-refractivity contribution in [1.29, 1.82) is 0 Å². The van der Waals surface area contributed by atoms with E-state index in [4.69, 9.17) is 4.42 Å². The number of benzene rings is 3. The first kappa shape index (κ1) is 25.9. The minimum atomic E-state index is -1.48. The maximum Gasteiger partial charge on any atom is 0.336 e. The van der Waals surface area contributed by atoms with Crippen LogP contribution in [0.15, 0.2) is 70.1 Å². The predicted octanol–water partition coefficient (Wildman–Crippen LogP) is 3.88. The van der Waals surface area contributed by atoms with Gasteiger partial charge in [-0.15, -0.1) is 0 Å². The summed E-state index contributed by atoms with van der Waals surface area (Å²) >= 11 is 0. The number of aromatic carboxylic acids is 1. The molecule has 1 aliphatic carbocycles. The van der Waals surface area contributed by atoms with Gasteiger partial charge in [0.25, 0.3) is 0 Å². The zero-order chi connectivity index (χ0) is 26.7. The summed E-state index contributed by atoms with van der Waals surface area (Å²) in [5.74, 6) is -2.54. The van der Waals surface area contributed by atoms with Crippen molar-refractivity contribution in [2.24, 2.45) is 16.8 Å². The molecule has 0 radical (unpaired) electrons. The first-order valence-corrected chi connectivity index (χ1v) is 11.8. The second kappa shape index (κ2) is 10.8. The molecule has 0 aromatic heterocycles. The molecule has 9 nitrogen and oxygen atoms in total. The molecule has 0 saturated heterocycles. The fourth-order valence-electron chi connectivity index (χ4n) is 3.97. The Morgan fingerprint density at radius 3 is 2.43 bits per heavy atom. The number of rotatable bonds is 9. The number of fused-ring (bicyclic) bond motifs is 2. The standard InChI is InChI=1S/C28H28N2O7/c1-15(26(31)32)13-29-17-7-9-21-23(11-17)37-24-12-18(30-14-16(2)27(33)34)8-10-22(24)25(21)19-5-3-4-6-20(19)28(35)36/h3-12,15-16,26,30-32H,13-14H2,1-2H3,(H,33,34)(H,35,36). The molecule has 2 aliphatic rings. The number of aliphatic hydroxyl groups is 2. The molecular formula is C28H28N2O7. The normalized spacial score (nSPS) is 13.7. The van der Waals surface area contributed by atoms with Crippen molar-refractivity contribution in [1.82, 2.24) is 0 Å². The average Bonchev–Trinajstić information content (AvgIpc) is 2.88. The van der Waals surface area contributed by atoms with Gasteiger partial charge in [-0.05, 0) is 35.9 Å². The van der Waals surface area contributed by atoms with E-state index in [-0.39, 0.29) is 18.7 Å². The Morgan fingerprint density at radius 2 is 1.73 bits per heavy atom. The van der Waals surface area contributed by atoms with Gasteiger partial charge in [0, 0.05) is 53.3 Å². The molecule has 0 fully saturated rings. The summed E-state index contributed by atoms with van der Waals surface area (Å²) in [7, 11) is 0. The molecular weight excluding hydrogens is 476 g/mol. The van der Waals surface area contributed by atoms with E-state index >= 15 is 0 Å². The van der Waals surface area contributed by atoms with Gasteiger partial charge in [0.2, 0.25) is 0 Å². The average molecular weight is 505 g/mol. The maximum absolute atomic E-state index is 12.0. The minimum absolute atomic E-state index is 0.147. The first-order chi connectivity index (χ1) is 17.7. The van der Waals surface area contributed by atoms with Crippen LogP contribution in [0.5, 0.6) is 0 Å². The monoisotopic (exact) mass is 504 g/mol. The molecule has 0 amide bonds. The quantitative estimate of drug-likeness (QED) is 0.170. The van der Waals surface area contributed by atoms with Crippen LogP contribution in [0.1, 0.15) is 24.2 Å². The highest BCUT2D eigenvalue weighted by atomic mass is 16.5. The number of carboxylic acids is 2. The lowest BCUT2D eigenvalue weighted by molar-refractivity contribution is -0.140. The summed E-state index contributed by atoms with van der Waals surface area (Å²) in [4.78, 5) is 27.7. The lowest BCUT2D eigenvalue weighted by Gasteiger charge is -2.18. The summed E-state index contributed by atoms with van der Waals surface area (Å²) in [6, 6.07) is 17.4. The van der Waals surface area contributed by atoms with E-state index in [1.165, 1.54) is 0 Å². The molecule has 4 rings (SSSR count). The number of carbonyl (C=O) groups is 2. The molecule has 2 aromatic carbocycles. The van der Waals surface area contributed by atoms with Crippen molar-refractivity contribution < 1.29 is 34.4 Å². The Bertz CT molecular complexity index is 1490. The van der Waals surface area contributed by atoms with E-state index in [9.17, 15) is 30.0 Å². The Kier molecular flexibility index (Phi) is 7.56. The van der Waals surface area contributed by atoms with Crippen molar-refractivity contribution in [2.45, 2.75) is 20.1 Å². The summed E-state index contributed by atoms with van der Waals surface area (Å²) in [6.07, 6.45) is -1.48. The molecule has 0 spiro atoms. The molecule has 2 unspecified atom stereocenters. The number of aliphatic carboxylic acids is 1. The smallest absolute Gasteiger partial charge is 0.336 e. The fraction of sp³-hybridized carbons (Fsp3) is 0.250. The van der Waals surface area contributed by atoms with E-state index in [0.29, 0.717) is 44.5 Å². The van der Waals surface area contributed by atoms with Gasteiger partial charge < -0.3 is 30.2 Å². The zero-order valence-electron chi connectivity index (χ0n) is 20.4. The Morgan fingerprint density at radius 1 is 0.973 bits per heavy atom. The summed E-state index contributed by atoms with van der Waals surface area (Å²) in [5.41, 5.74) is 3.19. The third kappa shape index (κ3) is 5.63. The van der Waals surface area contributed by atoms with E-state index < -0.39 is 30.1 Å². The molecule has 1 aliphatic heterocycles. The number of anilines is 1. The largest absolute Gasteiger partial charge is 0.481 e. The second-order valence-electron chi connectivity index (χ2n) is 9.07. The van der Waals surface area contributed by atoms with Crippen LogP contribution in [0.3, 0.4) is 0 Å². The number of nitrogens with one attached hydrogen (secondary N) is 1. The van der Waals surface area contributed by atoms with Crippen molar-refractivity contribution in [3.8, 4) is 22.5 Å². The van der Waals surface area contributed by atoms with E-state index in [1.807, 2.05) is 12.1 Å². The van der Waals surface area contributed by atoms with Gasteiger partial charge in [-0.1, -0.05) is 32.0 Å². The molecule has 37 heavy (non-hydrogen) atoms. The summed E-state index contributed by atoms with van der Waals surface area (Å²) in [6.45, 7) is 3.70. The highest BCUT2D eigenvalue weighted by molar-refractivity contribution is 6.07. The molecule has 9 heteroatoms. The lowest BCUT2D eigenvalue weighted by atomic mass is 9.90. The topological polar surface area (TPSA) is 153 Å². The van der Waals surface area contributed by atoms with Crippen LogP contribution in [0.4, 0.5) is 5.69 Å². The number of aliphatic hydroxyl groups excluding tert-OH is 1. The Hall–Kier alpha value is -4.21. The van der Waals surface area contributed by atoms with Crippen LogP contribution >= 0.6 is 0 Å². The summed E-state index contributed by atoms with van der Waals surface area (Å²) in [5, 5.41) is 42.1. The third-order valence-electron chi connectivity index (χ3n) is 6.24. The van der Waals surface area contributed by atoms with Gasteiger partial charge in [-0.2, -0.15) is 0 Å². The molecule has 0 saturated carbocycles. The Balaban J connectivity index is 1.92. The lowest BCUT2D eigenvalue weighted by Crippen LogP contribution is -2.20. The zero-order valence-corrected chi connectivity index (χ0v) is 20.4. The van der Waals surface area contributed by atoms with Crippen molar-refractivity contribution >= 4 is 28.6 Å². The van der Waals surface area contributed by atoms with Crippen LogP contribution in [0.2, 0.25) is 0 Å². The maximum atomic E-state index is 12.0. The number of carboxylic acid groups (broad SMARTS) is 2. The number of nitrogens with zero attached hydrogens (tertiary/aromatic N) is 1. The van der Waals surface area contributed by atoms with Crippen molar-refractivity contribution in [2.75, 3.05) is 18.4 Å². The molecule has 2 atom stereocenters. The van der Waals surface area contributed by atoms with Gasteiger partial charge in [-0.25, -0.2) is 4.79 Å². The minimum Gasteiger partial charge on any atom is -0.481 e. The molecule has 0 bridgehead atoms. The summed E-state index contributed by atoms with van der Waals surface area (Å²) < 4.78 is 6.24. The molecule has 2 aromatic rings. The van der Waals surface area contributed by atoms with Crippen LogP contribution in [-0.4, -0.2) is 51.7 Å². The highest BCUT2D eigenvalue weighted by Crippen LogP contribution is 2.41. The number of hydrogen-bond acceptors (Lipinski definition) is 7. The van der Waals surface area contributed by atoms with Gasteiger partial charge in [0.15, 0.2) is 6.29 Å². The van der Waals surface area contributed by atoms with Crippen LogP contribution in [-0.2, 0) is 4.79 Å². The second-order valence-corrected chi connectivity index (χ2v) is 9.07. The van der Waals surface area contributed by atoms with Crippen molar-refractivity contribution in [3.63, 3.8) is 0 Å². The Labute approximate surface area is 212 Å². The third-order valence-corrected chi connectivity index (χ3v) is 6.24. The molecule has 192 valence electrons. The van der Waals surface area contributed by atoms with Crippen LogP contribution < -0.4 is 10.7 Å². The fourth-order valence-corrected chi connectivity index (χ4v) is 3.97. The van der Waals surface area contributed by atoms with Gasteiger partial charge in [0.05, 0.1) is 16.8 Å². The molecule has 5 N–H and O–H groups in total. The van der Waals surface area contributed by atoms with Crippen molar-refractivity contribution in [3.05, 3.63) is 71.6 Å². The predicted molar refractivity (Wildman–Crippen MR) is 138 cm³/mol. The van der Waals surface area contributed by atoms with E-state index in [0.717, 1.165) is 0 Å².